The van der Waals surface area contributed by atoms with E-state index in [4.69, 9.17) is 9.97 Å². The molecule has 8 nitrogen and oxygen atoms in total. The number of H-pyrrole nitrogens is 1. The van der Waals surface area contributed by atoms with E-state index in [1.54, 1.807) is 6.33 Å². The molecule has 1 aromatic carbocycles. The fourth-order valence-electron chi connectivity index (χ4n) is 5.05. The number of hydrogen-bond acceptors (Lipinski definition) is 6. The first-order chi connectivity index (χ1) is 15.3. The van der Waals surface area contributed by atoms with E-state index < -0.39 is 0 Å². The molecule has 1 N–H and O–H groups in total. The molecule has 6 rings (SSSR count). The van der Waals surface area contributed by atoms with Crippen LogP contribution >= 0.6 is 0 Å². The zero-order valence-corrected chi connectivity index (χ0v) is 17.4. The lowest BCUT2D eigenvalue weighted by molar-refractivity contribution is 0.469. The van der Waals surface area contributed by atoms with Crippen LogP contribution in [0.5, 0.6) is 0 Å². The van der Waals surface area contributed by atoms with Gasteiger partial charge in [-0.3, -0.25) is 9.67 Å². The van der Waals surface area contributed by atoms with Crippen LogP contribution in [-0.2, 0) is 0 Å². The van der Waals surface area contributed by atoms with Crippen LogP contribution in [0, 0.1) is 0 Å². The third kappa shape index (κ3) is 2.85. The molecule has 1 aliphatic heterocycles. The minimum Gasteiger partial charge on any atom is -0.342 e. The molecule has 156 valence electrons. The second-order valence-electron chi connectivity index (χ2n) is 8.26. The molecule has 0 bridgehead atoms. The van der Waals surface area contributed by atoms with Crippen molar-refractivity contribution in [3.05, 3.63) is 54.9 Å². The number of fused-ring (bicyclic) bond motifs is 3. The smallest absolute Gasteiger partial charge is 0.165 e. The van der Waals surface area contributed by atoms with Crippen LogP contribution in [0.2, 0.25) is 0 Å². The molecule has 1 unspecified atom stereocenters. The second-order valence-corrected chi connectivity index (χ2v) is 8.26. The maximum Gasteiger partial charge on any atom is 0.165 e. The topological polar surface area (TPSA) is 88.4 Å². The van der Waals surface area contributed by atoms with E-state index in [1.165, 1.54) is 25.7 Å². The van der Waals surface area contributed by atoms with Gasteiger partial charge < -0.3 is 4.90 Å². The quantitative estimate of drug-likeness (QED) is 0.537. The lowest BCUT2D eigenvalue weighted by Crippen LogP contribution is -2.42. The lowest BCUT2D eigenvalue weighted by atomic mass is 10.0. The number of aromatic amines is 1. The summed E-state index contributed by atoms with van der Waals surface area (Å²) in [6.07, 6.45) is 11.3. The molecular weight excluding hydrogens is 388 g/mol. The standard InChI is InChI=1S/C23H24N8/c1-2-18-23-29-26-14-30(23)19-13-24-21(27-22(19)31(18)16-10-6-7-11-16)17-12-25-28-20(17)15-8-4-3-5-9-15/h3-5,8-9,12-14,16,18H,2,6-7,10-11H2,1H3,(H,25,28). The highest BCUT2D eigenvalue weighted by molar-refractivity contribution is 5.78. The molecule has 4 aromatic rings. The maximum atomic E-state index is 5.12. The number of anilines is 1. The Morgan fingerprint density at radius 2 is 1.94 bits per heavy atom. The summed E-state index contributed by atoms with van der Waals surface area (Å²) in [6, 6.07) is 10.8. The molecule has 4 heterocycles. The molecule has 1 aliphatic carbocycles. The van der Waals surface area contributed by atoms with Crippen molar-refractivity contribution < 1.29 is 0 Å². The lowest BCUT2D eigenvalue weighted by Gasteiger charge is -2.40. The summed E-state index contributed by atoms with van der Waals surface area (Å²) in [7, 11) is 0. The van der Waals surface area contributed by atoms with Crippen molar-refractivity contribution in [2.24, 2.45) is 0 Å². The SMILES string of the molecule is CCC1c2nncn2-c2cnc(-c3cn[nH]c3-c3ccccc3)nc2N1C1CCCC1. The minimum atomic E-state index is 0.166. The van der Waals surface area contributed by atoms with Crippen LogP contribution in [0.3, 0.4) is 0 Å². The van der Waals surface area contributed by atoms with Crippen molar-refractivity contribution in [3.8, 4) is 28.3 Å². The van der Waals surface area contributed by atoms with Crippen molar-refractivity contribution >= 4 is 5.82 Å². The van der Waals surface area contributed by atoms with Gasteiger partial charge in [-0.2, -0.15) is 5.10 Å². The van der Waals surface area contributed by atoms with E-state index in [2.05, 4.69) is 44.4 Å². The van der Waals surface area contributed by atoms with Gasteiger partial charge in [0.25, 0.3) is 0 Å². The van der Waals surface area contributed by atoms with Gasteiger partial charge in [0.15, 0.2) is 17.5 Å². The van der Waals surface area contributed by atoms with Gasteiger partial charge in [0, 0.05) is 11.6 Å². The number of rotatable bonds is 4. The molecule has 1 saturated carbocycles. The van der Waals surface area contributed by atoms with E-state index in [0.29, 0.717) is 11.9 Å². The first-order valence-corrected chi connectivity index (χ1v) is 11.0. The largest absolute Gasteiger partial charge is 0.342 e. The number of nitrogens with one attached hydrogen (secondary N) is 1. The van der Waals surface area contributed by atoms with E-state index in [-0.39, 0.29) is 6.04 Å². The van der Waals surface area contributed by atoms with Gasteiger partial charge in [0.05, 0.1) is 29.7 Å². The van der Waals surface area contributed by atoms with Gasteiger partial charge in [-0.25, -0.2) is 9.97 Å². The summed E-state index contributed by atoms with van der Waals surface area (Å²) in [5.74, 6) is 2.63. The molecule has 8 heteroatoms. The predicted molar refractivity (Wildman–Crippen MR) is 118 cm³/mol. The summed E-state index contributed by atoms with van der Waals surface area (Å²) < 4.78 is 2.05. The highest BCUT2D eigenvalue weighted by Crippen LogP contribution is 2.43. The van der Waals surface area contributed by atoms with Crippen molar-refractivity contribution in [3.63, 3.8) is 0 Å². The van der Waals surface area contributed by atoms with Gasteiger partial charge in [-0.05, 0) is 19.3 Å². The summed E-state index contributed by atoms with van der Waals surface area (Å²) in [4.78, 5) is 12.3. The molecule has 1 atom stereocenters. The molecule has 0 spiro atoms. The predicted octanol–water partition coefficient (Wildman–Crippen LogP) is 4.33. The monoisotopic (exact) mass is 412 g/mol. The van der Waals surface area contributed by atoms with Crippen molar-refractivity contribution in [2.75, 3.05) is 4.90 Å². The van der Waals surface area contributed by atoms with Gasteiger partial charge >= 0.3 is 0 Å². The summed E-state index contributed by atoms with van der Waals surface area (Å²) >= 11 is 0. The third-order valence-electron chi connectivity index (χ3n) is 6.51. The fourth-order valence-corrected chi connectivity index (χ4v) is 5.05. The molecule has 3 aromatic heterocycles. The Bertz CT molecular complexity index is 1210. The van der Waals surface area contributed by atoms with E-state index in [0.717, 1.165) is 40.6 Å². The number of benzene rings is 1. The highest BCUT2D eigenvalue weighted by Gasteiger charge is 2.38. The van der Waals surface area contributed by atoms with Crippen molar-refractivity contribution in [1.29, 1.82) is 0 Å². The van der Waals surface area contributed by atoms with Gasteiger partial charge in [0.1, 0.15) is 12.0 Å². The first-order valence-electron chi connectivity index (χ1n) is 11.0. The van der Waals surface area contributed by atoms with E-state index >= 15 is 0 Å². The number of nitrogens with zero attached hydrogens (tertiary/aromatic N) is 7. The third-order valence-corrected chi connectivity index (χ3v) is 6.51. The van der Waals surface area contributed by atoms with Crippen molar-refractivity contribution in [1.82, 2.24) is 34.9 Å². The molecule has 2 aliphatic rings. The summed E-state index contributed by atoms with van der Waals surface area (Å²) in [5.41, 5.74) is 3.85. The Balaban J connectivity index is 1.51. The van der Waals surface area contributed by atoms with Crippen LogP contribution in [0.4, 0.5) is 5.82 Å². The van der Waals surface area contributed by atoms with Crippen LogP contribution in [0.15, 0.2) is 49.1 Å². The Labute approximate surface area is 180 Å². The molecule has 0 radical (unpaired) electrons. The average molecular weight is 413 g/mol. The number of hydrogen-bond donors (Lipinski definition) is 1. The Hall–Kier alpha value is -3.55. The maximum absolute atomic E-state index is 5.12. The minimum absolute atomic E-state index is 0.166. The zero-order valence-electron chi connectivity index (χ0n) is 17.4. The fraction of sp³-hybridized carbons (Fsp3) is 0.348. The molecule has 0 amide bonds. The van der Waals surface area contributed by atoms with Gasteiger partial charge in [-0.15, -0.1) is 10.2 Å². The van der Waals surface area contributed by atoms with E-state index in [1.807, 2.05) is 35.2 Å². The van der Waals surface area contributed by atoms with E-state index in [9.17, 15) is 0 Å². The highest BCUT2D eigenvalue weighted by atomic mass is 15.4. The average Bonchev–Trinajstić information content (AvgIpc) is 3.59. The Kier molecular flexibility index (Phi) is 4.29. The van der Waals surface area contributed by atoms with Crippen LogP contribution in [-0.4, -0.2) is 41.0 Å². The molecule has 0 saturated heterocycles. The normalized spacial score (nSPS) is 18.2. The van der Waals surface area contributed by atoms with Gasteiger partial charge in [0.2, 0.25) is 0 Å². The molecule has 31 heavy (non-hydrogen) atoms. The zero-order chi connectivity index (χ0) is 20.8. The van der Waals surface area contributed by atoms with Crippen LogP contribution in [0.25, 0.3) is 28.3 Å². The summed E-state index contributed by atoms with van der Waals surface area (Å²) in [5, 5.41) is 16.1. The van der Waals surface area contributed by atoms with Crippen LogP contribution in [0.1, 0.15) is 50.9 Å². The van der Waals surface area contributed by atoms with Crippen molar-refractivity contribution in [2.45, 2.75) is 51.1 Å². The Morgan fingerprint density at radius 1 is 1.10 bits per heavy atom. The Morgan fingerprint density at radius 3 is 2.74 bits per heavy atom. The van der Waals surface area contributed by atoms with Crippen LogP contribution < -0.4 is 4.90 Å². The number of aromatic nitrogens is 7. The molecule has 1 fully saturated rings. The summed E-state index contributed by atoms with van der Waals surface area (Å²) in [6.45, 7) is 2.21. The first kappa shape index (κ1) is 18.2. The van der Waals surface area contributed by atoms with Gasteiger partial charge in [-0.1, -0.05) is 50.1 Å². The second kappa shape index (κ2) is 7.30. The molecular formula is C23H24N8.